The molecule has 0 aromatic rings. The molecule has 0 radical (unpaired) electrons. The fourth-order valence-electron chi connectivity index (χ4n) is 1.98. The highest BCUT2D eigenvalue weighted by Gasteiger charge is 2.08. The monoisotopic (exact) mass is 278 g/mol. The highest BCUT2D eigenvalue weighted by molar-refractivity contribution is 4.64. The fraction of sp³-hybridized carbons (Fsp3) is 1.00. The average molecular weight is 278 g/mol. The number of hydrogen-bond donors (Lipinski definition) is 4. The predicted octanol–water partition coefficient (Wildman–Crippen LogP) is -1.27. The summed E-state index contributed by atoms with van der Waals surface area (Å²) in [6, 6.07) is 0. The maximum atomic E-state index is 9.00. The molecule has 0 rings (SSSR count). The molecule has 0 heterocycles. The van der Waals surface area contributed by atoms with E-state index >= 15 is 0 Å². The van der Waals surface area contributed by atoms with Gasteiger partial charge in [-0.3, -0.25) is 4.90 Å². The van der Waals surface area contributed by atoms with Crippen molar-refractivity contribution in [2.45, 2.75) is 19.3 Å². The topological polar surface area (TPSA) is 87.4 Å². The van der Waals surface area contributed by atoms with Gasteiger partial charge in [-0.25, -0.2) is 0 Å². The van der Waals surface area contributed by atoms with Crippen LogP contribution in [0, 0.1) is 0 Å². The summed E-state index contributed by atoms with van der Waals surface area (Å²) < 4.78 is 0. The van der Waals surface area contributed by atoms with Crippen LogP contribution >= 0.6 is 0 Å². The summed E-state index contributed by atoms with van der Waals surface area (Å²) in [6.07, 6.45) is 2.19. The van der Waals surface area contributed by atoms with Gasteiger partial charge in [0.2, 0.25) is 0 Å². The summed E-state index contributed by atoms with van der Waals surface area (Å²) in [4.78, 5) is 4.34. The molecule has 116 valence electrons. The summed E-state index contributed by atoms with van der Waals surface area (Å²) in [5, 5.41) is 35.6. The second kappa shape index (κ2) is 14.2. The van der Waals surface area contributed by atoms with E-state index in [9.17, 15) is 0 Å². The van der Waals surface area contributed by atoms with Crippen LogP contribution in [0.4, 0.5) is 0 Å². The van der Waals surface area contributed by atoms with Crippen LogP contribution in [-0.2, 0) is 0 Å². The lowest BCUT2D eigenvalue weighted by atomic mass is 10.3. The van der Waals surface area contributed by atoms with Gasteiger partial charge in [-0.15, -0.1) is 0 Å². The van der Waals surface area contributed by atoms with Gasteiger partial charge in [0.05, 0.1) is 6.61 Å². The van der Waals surface area contributed by atoms with Crippen LogP contribution in [-0.4, -0.2) is 95.9 Å². The smallest absolute Gasteiger partial charge is 0.0558 e. The van der Waals surface area contributed by atoms with E-state index in [0.717, 1.165) is 45.6 Å². The van der Waals surface area contributed by atoms with Crippen molar-refractivity contribution in [2.24, 2.45) is 0 Å². The second-order valence-corrected chi connectivity index (χ2v) is 4.64. The molecule has 0 aliphatic heterocycles. The Labute approximate surface area is 116 Å². The normalized spacial score (nSPS) is 11.7. The van der Waals surface area contributed by atoms with Gasteiger partial charge in [0.25, 0.3) is 0 Å². The molecule has 0 atom stereocenters. The first-order chi connectivity index (χ1) is 9.28. The summed E-state index contributed by atoms with van der Waals surface area (Å²) in [5.41, 5.74) is 0. The van der Waals surface area contributed by atoms with E-state index in [2.05, 4.69) is 9.80 Å². The molecule has 0 aliphatic carbocycles. The quantitative estimate of drug-likeness (QED) is 0.317. The van der Waals surface area contributed by atoms with Gasteiger partial charge in [0.1, 0.15) is 0 Å². The van der Waals surface area contributed by atoms with Crippen molar-refractivity contribution in [1.29, 1.82) is 0 Å². The van der Waals surface area contributed by atoms with Crippen molar-refractivity contribution in [1.82, 2.24) is 9.80 Å². The molecule has 0 saturated heterocycles. The van der Waals surface area contributed by atoms with Gasteiger partial charge in [0, 0.05) is 59.1 Å². The van der Waals surface area contributed by atoms with Gasteiger partial charge in [-0.2, -0.15) is 0 Å². The molecule has 0 saturated carbocycles. The first-order valence-electron chi connectivity index (χ1n) is 7.16. The van der Waals surface area contributed by atoms with E-state index in [0.29, 0.717) is 13.0 Å². The lowest BCUT2D eigenvalue weighted by Gasteiger charge is -2.27. The van der Waals surface area contributed by atoms with E-state index in [4.69, 9.17) is 20.4 Å². The van der Waals surface area contributed by atoms with Crippen LogP contribution in [0.5, 0.6) is 0 Å². The van der Waals surface area contributed by atoms with Crippen molar-refractivity contribution in [3.63, 3.8) is 0 Å². The number of aliphatic hydroxyl groups is 4. The van der Waals surface area contributed by atoms with Crippen LogP contribution in [0.1, 0.15) is 19.3 Å². The molecule has 0 spiro atoms. The first kappa shape index (κ1) is 18.8. The van der Waals surface area contributed by atoms with Gasteiger partial charge < -0.3 is 25.3 Å². The van der Waals surface area contributed by atoms with E-state index in [1.807, 2.05) is 0 Å². The molecule has 4 N–H and O–H groups in total. The number of nitrogens with zero attached hydrogens (tertiary/aromatic N) is 2. The molecule has 6 nitrogen and oxygen atoms in total. The minimum atomic E-state index is 0.124. The molecule has 0 unspecified atom stereocenters. The van der Waals surface area contributed by atoms with Gasteiger partial charge in [0.15, 0.2) is 0 Å². The third kappa shape index (κ3) is 11.3. The number of hydrogen-bond acceptors (Lipinski definition) is 6. The molecule has 0 aromatic heterocycles. The second-order valence-electron chi connectivity index (χ2n) is 4.64. The van der Waals surface area contributed by atoms with Crippen LogP contribution < -0.4 is 0 Å². The molecule has 0 fully saturated rings. The van der Waals surface area contributed by atoms with Crippen LogP contribution in [0.2, 0.25) is 0 Å². The number of aliphatic hydroxyl groups excluding tert-OH is 4. The Morgan fingerprint density at radius 2 is 0.789 bits per heavy atom. The maximum absolute atomic E-state index is 9.00. The lowest BCUT2D eigenvalue weighted by molar-refractivity contribution is 0.147. The molecule has 0 amide bonds. The predicted molar refractivity (Wildman–Crippen MR) is 75.1 cm³/mol. The first-order valence-corrected chi connectivity index (χ1v) is 7.16. The Bertz CT molecular complexity index is 176. The highest BCUT2D eigenvalue weighted by Crippen LogP contribution is 1.97. The standard InChI is InChI=1S/C13H30N2O4/c16-10-1-4-14(5-2-11-17)7-8-15(9-13-19)6-3-12-18/h16-19H,1-13H2. The molecular weight excluding hydrogens is 248 g/mol. The zero-order valence-corrected chi connectivity index (χ0v) is 11.9. The minimum absolute atomic E-state index is 0.124. The largest absolute Gasteiger partial charge is 0.396 e. The molecule has 0 aromatic carbocycles. The van der Waals surface area contributed by atoms with E-state index < -0.39 is 0 Å². The summed E-state index contributed by atoms with van der Waals surface area (Å²) >= 11 is 0. The molecule has 6 heteroatoms. The van der Waals surface area contributed by atoms with Crippen LogP contribution in [0.25, 0.3) is 0 Å². The summed E-state index contributed by atoms with van der Waals surface area (Å²) in [7, 11) is 0. The maximum Gasteiger partial charge on any atom is 0.0558 e. The molecular formula is C13H30N2O4. The Balaban J connectivity index is 3.99. The lowest BCUT2D eigenvalue weighted by Crippen LogP contribution is -2.38. The Morgan fingerprint density at radius 1 is 0.421 bits per heavy atom. The zero-order valence-electron chi connectivity index (χ0n) is 11.9. The average Bonchev–Trinajstić information content (AvgIpc) is 2.43. The zero-order chi connectivity index (χ0) is 14.3. The highest BCUT2D eigenvalue weighted by atomic mass is 16.3. The Hall–Kier alpha value is -0.240. The molecule has 0 aliphatic rings. The van der Waals surface area contributed by atoms with Crippen LogP contribution in [0.3, 0.4) is 0 Å². The van der Waals surface area contributed by atoms with E-state index in [1.165, 1.54) is 0 Å². The molecule has 19 heavy (non-hydrogen) atoms. The van der Waals surface area contributed by atoms with Crippen molar-refractivity contribution < 1.29 is 20.4 Å². The third-order valence-electron chi connectivity index (χ3n) is 3.05. The molecule has 0 bridgehead atoms. The van der Waals surface area contributed by atoms with Gasteiger partial charge in [-0.05, 0) is 19.3 Å². The summed E-state index contributed by atoms with van der Waals surface area (Å²) in [5.74, 6) is 0. The summed E-state index contributed by atoms with van der Waals surface area (Å²) in [6.45, 7) is 5.38. The SMILES string of the molecule is OCCCN(CCO)CCN(CCCO)CCCO. The van der Waals surface area contributed by atoms with E-state index in [1.54, 1.807) is 0 Å². The number of rotatable bonds is 14. The van der Waals surface area contributed by atoms with Crippen molar-refractivity contribution in [2.75, 3.05) is 65.7 Å². The third-order valence-corrected chi connectivity index (χ3v) is 3.05. The Morgan fingerprint density at radius 3 is 1.11 bits per heavy atom. The van der Waals surface area contributed by atoms with E-state index in [-0.39, 0.29) is 26.4 Å². The van der Waals surface area contributed by atoms with Crippen molar-refractivity contribution >= 4 is 0 Å². The Kier molecular flexibility index (Phi) is 14.0. The minimum Gasteiger partial charge on any atom is -0.396 e. The van der Waals surface area contributed by atoms with Gasteiger partial charge >= 0.3 is 0 Å². The fourth-order valence-corrected chi connectivity index (χ4v) is 1.98. The van der Waals surface area contributed by atoms with Crippen LogP contribution in [0.15, 0.2) is 0 Å². The van der Waals surface area contributed by atoms with Gasteiger partial charge in [-0.1, -0.05) is 0 Å². The van der Waals surface area contributed by atoms with Crippen molar-refractivity contribution in [3.8, 4) is 0 Å². The van der Waals surface area contributed by atoms with Crippen molar-refractivity contribution in [3.05, 3.63) is 0 Å².